The number of amides is 2. The predicted octanol–water partition coefficient (Wildman–Crippen LogP) is 4.45. The molecule has 0 aliphatic carbocycles. The van der Waals surface area contributed by atoms with Gasteiger partial charge in [0.1, 0.15) is 17.1 Å². The SMILES string of the molecule is O=C(Cc1ccccc1)N[C@@H]1C(=O)N2C(C(=O)O)=C(Sc3ccc(-c4cccs4)cc3)CS[C@H]12. The molecule has 2 amide bonds. The average molecular weight is 509 g/mol. The number of hydrogen-bond donors (Lipinski definition) is 2. The van der Waals surface area contributed by atoms with Gasteiger partial charge in [0, 0.05) is 20.4 Å². The molecule has 2 aliphatic rings. The van der Waals surface area contributed by atoms with Crippen molar-refractivity contribution < 1.29 is 19.5 Å². The van der Waals surface area contributed by atoms with E-state index in [0.717, 1.165) is 16.0 Å². The summed E-state index contributed by atoms with van der Waals surface area (Å²) in [4.78, 5) is 41.4. The monoisotopic (exact) mass is 508 g/mol. The molecule has 34 heavy (non-hydrogen) atoms. The minimum Gasteiger partial charge on any atom is -0.477 e. The van der Waals surface area contributed by atoms with E-state index in [0.29, 0.717) is 10.7 Å². The van der Waals surface area contributed by atoms with Crippen molar-refractivity contribution in [1.82, 2.24) is 10.2 Å². The smallest absolute Gasteiger partial charge is 0.353 e. The number of benzene rings is 2. The number of rotatable bonds is 7. The number of aliphatic carboxylic acids is 1. The number of carboxylic acid groups (broad SMARTS) is 1. The Balaban J connectivity index is 1.29. The van der Waals surface area contributed by atoms with Gasteiger partial charge >= 0.3 is 5.97 Å². The summed E-state index contributed by atoms with van der Waals surface area (Å²) in [5.41, 5.74) is 1.97. The van der Waals surface area contributed by atoms with Crippen LogP contribution in [0.5, 0.6) is 0 Å². The van der Waals surface area contributed by atoms with Crippen LogP contribution in [-0.4, -0.2) is 45.0 Å². The molecule has 0 bridgehead atoms. The van der Waals surface area contributed by atoms with Gasteiger partial charge in [-0.25, -0.2) is 4.79 Å². The minimum absolute atomic E-state index is 0.00893. The van der Waals surface area contributed by atoms with Crippen molar-refractivity contribution in [2.24, 2.45) is 0 Å². The van der Waals surface area contributed by atoms with Crippen LogP contribution in [0.4, 0.5) is 0 Å². The van der Waals surface area contributed by atoms with Crippen LogP contribution in [0.3, 0.4) is 0 Å². The summed E-state index contributed by atoms with van der Waals surface area (Å²) in [7, 11) is 0. The van der Waals surface area contributed by atoms with E-state index in [1.807, 2.05) is 66.0 Å². The van der Waals surface area contributed by atoms with Crippen molar-refractivity contribution in [3.8, 4) is 10.4 Å². The molecule has 5 rings (SSSR count). The Kier molecular flexibility index (Phi) is 6.49. The lowest BCUT2D eigenvalue weighted by atomic mass is 10.0. The first-order chi connectivity index (χ1) is 16.5. The van der Waals surface area contributed by atoms with Crippen molar-refractivity contribution >= 4 is 52.6 Å². The molecule has 9 heteroatoms. The quantitative estimate of drug-likeness (QED) is 0.459. The second kappa shape index (κ2) is 9.69. The van der Waals surface area contributed by atoms with E-state index in [-0.39, 0.29) is 23.9 Å². The van der Waals surface area contributed by atoms with E-state index in [1.165, 1.54) is 33.3 Å². The van der Waals surface area contributed by atoms with E-state index in [2.05, 4.69) is 11.4 Å². The van der Waals surface area contributed by atoms with Gasteiger partial charge in [0.2, 0.25) is 5.91 Å². The molecule has 3 heterocycles. The van der Waals surface area contributed by atoms with Gasteiger partial charge in [-0.3, -0.25) is 14.5 Å². The number of thioether (sulfide) groups is 2. The molecular formula is C25H20N2O4S3. The van der Waals surface area contributed by atoms with Gasteiger partial charge in [-0.2, -0.15) is 0 Å². The summed E-state index contributed by atoms with van der Waals surface area (Å²) in [5, 5.41) is 14.3. The Morgan fingerprint density at radius 2 is 1.82 bits per heavy atom. The number of hydrogen-bond acceptors (Lipinski definition) is 6. The van der Waals surface area contributed by atoms with Crippen molar-refractivity contribution in [1.29, 1.82) is 0 Å². The Labute approximate surface area is 209 Å². The lowest BCUT2D eigenvalue weighted by molar-refractivity contribution is -0.150. The Morgan fingerprint density at radius 3 is 2.50 bits per heavy atom. The molecule has 2 N–H and O–H groups in total. The van der Waals surface area contributed by atoms with Crippen molar-refractivity contribution in [2.75, 3.05) is 5.75 Å². The van der Waals surface area contributed by atoms with Crippen molar-refractivity contribution in [3.05, 3.63) is 88.3 Å². The van der Waals surface area contributed by atoms with Gasteiger partial charge in [-0.05, 0) is 34.7 Å². The largest absolute Gasteiger partial charge is 0.477 e. The normalized spacial score (nSPS) is 19.4. The van der Waals surface area contributed by atoms with Crippen LogP contribution in [0, 0.1) is 0 Å². The summed E-state index contributed by atoms with van der Waals surface area (Å²) in [6.45, 7) is 0. The lowest BCUT2D eigenvalue weighted by Gasteiger charge is -2.49. The number of nitrogens with zero attached hydrogens (tertiary/aromatic N) is 1. The van der Waals surface area contributed by atoms with Gasteiger partial charge in [0.05, 0.1) is 6.42 Å². The van der Waals surface area contributed by atoms with Crippen molar-refractivity contribution in [2.45, 2.75) is 22.7 Å². The zero-order chi connectivity index (χ0) is 23.7. The molecule has 6 nitrogen and oxygen atoms in total. The highest BCUT2D eigenvalue weighted by Gasteiger charge is 2.54. The van der Waals surface area contributed by atoms with Gasteiger partial charge in [0.25, 0.3) is 5.91 Å². The van der Waals surface area contributed by atoms with Crippen LogP contribution in [0.2, 0.25) is 0 Å². The number of thiophene rings is 1. The van der Waals surface area contributed by atoms with Crippen LogP contribution in [0.15, 0.2) is 87.6 Å². The van der Waals surface area contributed by atoms with E-state index >= 15 is 0 Å². The zero-order valence-corrected chi connectivity index (χ0v) is 20.3. The Morgan fingerprint density at radius 1 is 1.06 bits per heavy atom. The van der Waals surface area contributed by atoms with E-state index < -0.39 is 17.4 Å². The molecule has 0 spiro atoms. The molecule has 3 aromatic rings. The maximum Gasteiger partial charge on any atom is 0.353 e. The number of carbonyl (C=O) groups is 3. The molecule has 0 unspecified atom stereocenters. The van der Waals surface area contributed by atoms with Crippen molar-refractivity contribution in [3.63, 3.8) is 0 Å². The predicted molar refractivity (Wildman–Crippen MR) is 135 cm³/mol. The van der Waals surface area contributed by atoms with E-state index in [4.69, 9.17) is 0 Å². The number of fused-ring (bicyclic) bond motifs is 1. The van der Waals surface area contributed by atoms with Crippen LogP contribution in [-0.2, 0) is 20.8 Å². The summed E-state index contributed by atoms with van der Waals surface area (Å²) in [6, 6.07) is 20.6. The van der Waals surface area contributed by atoms with Gasteiger partial charge in [-0.15, -0.1) is 23.1 Å². The maximum atomic E-state index is 12.9. The summed E-state index contributed by atoms with van der Waals surface area (Å²) in [6.07, 6.45) is 0.173. The molecule has 2 atom stereocenters. The zero-order valence-electron chi connectivity index (χ0n) is 17.8. The van der Waals surface area contributed by atoms with Crippen LogP contribution in [0.1, 0.15) is 5.56 Å². The number of β-lactam (4-membered cyclic amide) rings is 1. The van der Waals surface area contributed by atoms with E-state index in [9.17, 15) is 19.5 Å². The van der Waals surface area contributed by atoms with Gasteiger partial charge < -0.3 is 10.4 Å². The fourth-order valence-electron chi connectivity index (χ4n) is 3.95. The van der Waals surface area contributed by atoms with Crippen LogP contribution in [0.25, 0.3) is 10.4 Å². The molecule has 2 aromatic carbocycles. The molecule has 0 radical (unpaired) electrons. The standard InChI is InChI=1S/C25H20N2O4S3/c28-20(13-15-5-2-1-3-6-15)26-21-23(29)27-22(25(30)31)19(14-33-24(21)27)34-17-10-8-16(9-11-17)18-7-4-12-32-18/h1-12,21,24H,13-14H2,(H,26,28)(H,30,31)/t21-,24-/m1/s1. The molecule has 1 aromatic heterocycles. The highest BCUT2D eigenvalue weighted by Crippen LogP contribution is 2.45. The third kappa shape index (κ3) is 4.51. The molecule has 1 saturated heterocycles. The highest BCUT2D eigenvalue weighted by atomic mass is 32.2. The first kappa shape index (κ1) is 22.8. The Bertz CT molecular complexity index is 1260. The first-order valence-electron chi connectivity index (χ1n) is 10.6. The lowest BCUT2D eigenvalue weighted by Crippen LogP contribution is -2.70. The third-order valence-corrected chi connectivity index (χ3v) is 9.03. The number of nitrogens with one attached hydrogen (secondary N) is 1. The second-order valence-electron chi connectivity index (χ2n) is 7.80. The topological polar surface area (TPSA) is 86.7 Å². The highest BCUT2D eigenvalue weighted by molar-refractivity contribution is 8.06. The first-order valence-corrected chi connectivity index (χ1v) is 13.3. The maximum absolute atomic E-state index is 12.9. The minimum atomic E-state index is -1.13. The van der Waals surface area contributed by atoms with Crippen LogP contribution < -0.4 is 5.32 Å². The number of carboxylic acids is 1. The molecule has 1 fully saturated rings. The molecular weight excluding hydrogens is 488 g/mol. The molecule has 2 aliphatic heterocycles. The Hall–Kier alpha value is -3.01. The fraction of sp³-hybridized carbons (Fsp3) is 0.160. The summed E-state index contributed by atoms with van der Waals surface area (Å²) in [5.74, 6) is -1.32. The molecule has 172 valence electrons. The fourth-order valence-corrected chi connectivity index (χ4v) is 7.15. The molecule has 0 saturated carbocycles. The second-order valence-corrected chi connectivity index (χ2v) is 11.0. The van der Waals surface area contributed by atoms with Gasteiger partial charge in [-0.1, -0.05) is 60.3 Å². The van der Waals surface area contributed by atoms with Gasteiger partial charge in [0.15, 0.2) is 0 Å². The third-order valence-electron chi connectivity index (χ3n) is 5.56. The summed E-state index contributed by atoms with van der Waals surface area (Å²) >= 11 is 4.50. The number of carbonyl (C=O) groups excluding carboxylic acids is 2. The van der Waals surface area contributed by atoms with E-state index in [1.54, 1.807) is 11.3 Å². The summed E-state index contributed by atoms with van der Waals surface area (Å²) < 4.78 is 0. The van der Waals surface area contributed by atoms with Crippen LogP contribution >= 0.6 is 34.9 Å². The average Bonchev–Trinajstić information content (AvgIpc) is 3.38.